The number of rotatable bonds is 8. The Morgan fingerprint density at radius 2 is 2.12 bits per heavy atom. The number of ether oxygens (including phenoxy) is 2. The topological polar surface area (TPSA) is 98.9 Å². The Kier molecular flexibility index (Phi) is 7.85. The smallest absolute Gasteiger partial charge is 0.322 e. The van der Waals surface area contributed by atoms with Crippen LogP contribution in [0.25, 0.3) is 0 Å². The lowest BCUT2D eigenvalue weighted by Crippen LogP contribution is -2.35. The molecule has 0 aliphatic carbocycles. The molecule has 0 amide bonds. The third kappa shape index (κ3) is 7.79. The SMILES string of the molecule is C#CCCC(=O)OCCOC[C@H](N)C(=O)O. The quantitative estimate of drug-likeness (QED) is 0.326. The summed E-state index contributed by atoms with van der Waals surface area (Å²) in [5.74, 6) is 0.781. The van der Waals surface area contributed by atoms with Gasteiger partial charge in [0.15, 0.2) is 0 Å². The second-order valence-electron chi connectivity index (χ2n) is 2.94. The van der Waals surface area contributed by atoms with E-state index in [-0.39, 0.29) is 26.2 Å². The number of carbonyl (C=O) groups is 2. The summed E-state index contributed by atoms with van der Waals surface area (Å²) in [6.07, 6.45) is 5.47. The van der Waals surface area contributed by atoms with E-state index in [0.29, 0.717) is 6.42 Å². The van der Waals surface area contributed by atoms with Gasteiger partial charge in [-0.3, -0.25) is 9.59 Å². The molecule has 0 saturated heterocycles. The predicted octanol–water partition coefficient (Wildman–Crippen LogP) is -0.628. The van der Waals surface area contributed by atoms with Crippen LogP contribution in [-0.4, -0.2) is 42.9 Å². The summed E-state index contributed by atoms with van der Waals surface area (Å²) < 4.78 is 9.63. The van der Waals surface area contributed by atoms with Crippen molar-refractivity contribution in [3.63, 3.8) is 0 Å². The van der Waals surface area contributed by atoms with Crippen molar-refractivity contribution in [2.24, 2.45) is 5.73 Å². The van der Waals surface area contributed by atoms with Crippen molar-refractivity contribution in [2.75, 3.05) is 19.8 Å². The van der Waals surface area contributed by atoms with Crippen molar-refractivity contribution in [3.05, 3.63) is 0 Å². The fraction of sp³-hybridized carbons (Fsp3) is 0.600. The molecule has 0 radical (unpaired) electrons. The van der Waals surface area contributed by atoms with Gasteiger partial charge in [-0.1, -0.05) is 0 Å². The molecule has 0 saturated carbocycles. The molecule has 0 spiro atoms. The van der Waals surface area contributed by atoms with Gasteiger partial charge in [0.25, 0.3) is 0 Å². The van der Waals surface area contributed by atoms with Crippen LogP contribution in [0.5, 0.6) is 0 Å². The van der Waals surface area contributed by atoms with Gasteiger partial charge in [0, 0.05) is 6.42 Å². The van der Waals surface area contributed by atoms with Crippen LogP contribution in [0.4, 0.5) is 0 Å². The Morgan fingerprint density at radius 3 is 2.69 bits per heavy atom. The highest BCUT2D eigenvalue weighted by atomic mass is 16.6. The summed E-state index contributed by atoms with van der Waals surface area (Å²) in [5.41, 5.74) is 5.17. The fourth-order valence-electron chi connectivity index (χ4n) is 0.742. The number of hydrogen-bond acceptors (Lipinski definition) is 5. The molecule has 0 aromatic heterocycles. The molecule has 6 heteroatoms. The number of carbonyl (C=O) groups excluding carboxylic acids is 1. The number of carboxylic acid groups (broad SMARTS) is 1. The van der Waals surface area contributed by atoms with Crippen LogP contribution in [0.15, 0.2) is 0 Å². The number of aliphatic carboxylic acids is 1. The maximum absolute atomic E-state index is 10.9. The van der Waals surface area contributed by atoms with Crippen LogP contribution in [0.2, 0.25) is 0 Å². The summed E-state index contributed by atoms with van der Waals surface area (Å²) in [5, 5.41) is 8.41. The van der Waals surface area contributed by atoms with Crippen LogP contribution < -0.4 is 5.73 Å². The van der Waals surface area contributed by atoms with E-state index < -0.39 is 18.0 Å². The van der Waals surface area contributed by atoms with Crippen molar-refractivity contribution in [3.8, 4) is 12.3 Å². The van der Waals surface area contributed by atoms with Crippen molar-refractivity contribution < 1.29 is 24.2 Å². The van der Waals surface area contributed by atoms with Gasteiger partial charge in [-0.25, -0.2) is 0 Å². The highest BCUT2D eigenvalue weighted by molar-refractivity contribution is 5.73. The van der Waals surface area contributed by atoms with E-state index in [1.807, 2.05) is 0 Å². The van der Waals surface area contributed by atoms with E-state index in [9.17, 15) is 9.59 Å². The van der Waals surface area contributed by atoms with Gasteiger partial charge in [0.1, 0.15) is 12.6 Å². The van der Waals surface area contributed by atoms with Gasteiger partial charge in [-0.2, -0.15) is 0 Å². The predicted molar refractivity (Wildman–Crippen MR) is 55.5 cm³/mol. The number of esters is 1. The third-order valence-electron chi connectivity index (χ3n) is 1.58. The molecule has 16 heavy (non-hydrogen) atoms. The molecule has 0 heterocycles. The Morgan fingerprint density at radius 1 is 1.44 bits per heavy atom. The van der Waals surface area contributed by atoms with Gasteiger partial charge in [-0.15, -0.1) is 12.3 Å². The van der Waals surface area contributed by atoms with E-state index >= 15 is 0 Å². The summed E-state index contributed by atoms with van der Waals surface area (Å²) in [7, 11) is 0. The molecule has 3 N–H and O–H groups in total. The second kappa shape index (κ2) is 8.71. The molecule has 90 valence electrons. The third-order valence-corrected chi connectivity index (χ3v) is 1.58. The second-order valence-corrected chi connectivity index (χ2v) is 2.94. The molecule has 1 atom stereocenters. The van der Waals surface area contributed by atoms with Gasteiger partial charge < -0.3 is 20.3 Å². The van der Waals surface area contributed by atoms with Gasteiger partial charge >= 0.3 is 11.9 Å². The Balaban J connectivity index is 3.37. The monoisotopic (exact) mass is 229 g/mol. The first-order valence-corrected chi connectivity index (χ1v) is 4.73. The number of nitrogens with two attached hydrogens (primary N) is 1. The molecule has 0 aromatic carbocycles. The molecule has 0 bridgehead atoms. The van der Waals surface area contributed by atoms with Crippen LogP contribution in [0, 0.1) is 12.3 Å². The van der Waals surface area contributed by atoms with Crippen LogP contribution in [0.1, 0.15) is 12.8 Å². The van der Waals surface area contributed by atoms with Crippen LogP contribution >= 0.6 is 0 Å². The summed E-state index contributed by atoms with van der Waals surface area (Å²) >= 11 is 0. The lowest BCUT2D eigenvalue weighted by atomic mass is 10.3. The van der Waals surface area contributed by atoms with E-state index in [2.05, 4.69) is 5.92 Å². The first-order valence-electron chi connectivity index (χ1n) is 4.73. The zero-order valence-electron chi connectivity index (χ0n) is 8.85. The standard InChI is InChI=1S/C10H15NO5/c1-2-3-4-9(12)16-6-5-15-7-8(11)10(13)14/h1,8H,3-7,11H2,(H,13,14)/t8-/m0/s1. The van der Waals surface area contributed by atoms with Gasteiger partial charge in [-0.05, 0) is 0 Å². The molecule has 0 aliphatic heterocycles. The van der Waals surface area contributed by atoms with Crippen LogP contribution in [0.3, 0.4) is 0 Å². The van der Waals surface area contributed by atoms with Crippen molar-refractivity contribution in [1.29, 1.82) is 0 Å². The van der Waals surface area contributed by atoms with E-state index in [0.717, 1.165) is 0 Å². The Bertz CT molecular complexity index is 271. The highest BCUT2D eigenvalue weighted by Crippen LogP contribution is 1.91. The number of carboxylic acids is 1. The minimum absolute atomic E-state index is 0.0652. The first kappa shape index (κ1) is 14.4. The highest BCUT2D eigenvalue weighted by Gasteiger charge is 2.10. The summed E-state index contributed by atoms with van der Waals surface area (Å²) in [4.78, 5) is 21.2. The zero-order valence-corrected chi connectivity index (χ0v) is 8.85. The maximum atomic E-state index is 10.9. The largest absolute Gasteiger partial charge is 0.480 e. The molecular formula is C10H15NO5. The van der Waals surface area contributed by atoms with Crippen LogP contribution in [-0.2, 0) is 19.1 Å². The van der Waals surface area contributed by atoms with E-state index in [4.69, 9.17) is 26.7 Å². The van der Waals surface area contributed by atoms with Gasteiger partial charge in [0.05, 0.1) is 19.6 Å². The number of terminal acetylenes is 1. The summed E-state index contributed by atoms with van der Waals surface area (Å²) in [6, 6.07) is -1.06. The van der Waals surface area contributed by atoms with E-state index in [1.165, 1.54) is 0 Å². The molecule has 0 fully saturated rings. The van der Waals surface area contributed by atoms with Crippen molar-refractivity contribution >= 4 is 11.9 Å². The lowest BCUT2D eigenvalue weighted by molar-refractivity contribution is -0.146. The first-order chi connectivity index (χ1) is 7.57. The average molecular weight is 229 g/mol. The Labute approximate surface area is 93.7 Å². The lowest BCUT2D eigenvalue weighted by Gasteiger charge is -2.07. The molecule has 0 rings (SSSR count). The van der Waals surface area contributed by atoms with Crippen molar-refractivity contribution in [1.82, 2.24) is 0 Å². The number of hydrogen-bond donors (Lipinski definition) is 2. The minimum atomic E-state index is -1.13. The minimum Gasteiger partial charge on any atom is -0.480 e. The maximum Gasteiger partial charge on any atom is 0.322 e. The zero-order chi connectivity index (χ0) is 12.4. The molecule has 0 aliphatic rings. The Hall–Kier alpha value is -1.58. The van der Waals surface area contributed by atoms with E-state index in [1.54, 1.807) is 0 Å². The normalized spacial score (nSPS) is 11.5. The average Bonchev–Trinajstić information content (AvgIpc) is 2.25. The molecule has 6 nitrogen and oxygen atoms in total. The molecular weight excluding hydrogens is 214 g/mol. The molecule has 0 unspecified atom stereocenters. The fourth-order valence-corrected chi connectivity index (χ4v) is 0.742. The van der Waals surface area contributed by atoms with Crippen molar-refractivity contribution in [2.45, 2.75) is 18.9 Å². The van der Waals surface area contributed by atoms with Gasteiger partial charge in [0.2, 0.25) is 0 Å². The summed E-state index contributed by atoms with van der Waals surface area (Å²) in [6.45, 7) is 0.0652. The molecule has 0 aromatic rings.